The summed E-state index contributed by atoms with van der Waals surface area (Å²) in [4.78, 5) is 24.4. The van der Waals surface area contributed by atoms with E-state index in [2.05, 4.69) is 15.7 Å². The molecule has 4 N–H and O–H groups in total. The number of aromatic nitrogens is 2. The molecule has 0 aliphatic heterocycles. The second-order valence-corrected chi connectivity index (χ2v) is 6.89. The van der Waals surface area contributed by atoms with Gasteiger partial charge in [-0.05, 0) is 40.8 Å². The number of aryl methyl sites for hydroxylation is 1. The van der Waals surface area contributed by atoms with E-state index in [1.54, 1.807) is 6.07 Å². The van der Waals surface area contributed by atoms with E-state index >= 15 is 0 Å². The molecule has 8 nitrogen and oxygen atoms in total. The lowest BCUT2D eigenvalue weighted by Gasteiger charge is -2.15. The van der Waals surface area contributed by atoms with Gasteiger partial charge in [0.1, 0.15) is 10.8 Å². The van der Waals surface area contributed by atoms with Gasteiger partial charge in [-0.2, -0.15) is 5.10 Å². The van der Waals surface area contributed by atoms with Gasteiger partial charge in [0, 0.05) is 17.2 Å². The number of carbonyl (C=O) groups excluding carboxylic acids is 1. The number of aliphatic hydroxyl groups is 2. The first kappa shape index (κ1) is 20.6. The number of nitrogens with one attached hydrogen (secondary N) is 2. The summed E-state index contributed by atoms with van der Waals surface area (Å²) in [7, 11) is 1.31. The highest BCUT2D eigenvalue weighted by atomic mass is 127. The summed E-state index contributed by atoms with van der Waals surface area (Å²) in [5.41, 5.74) is -1.09. The lowest BCUT2D eigenvalue weighted by Crippen LogP contribution is -2.36. The summed E-state index contributed by atoms with van der Waals surface area (Å²) < 4.78 is 15.6. The normalized spacial score (nSPS) is 11.9. The van der Waals surface area contributed by atoms with Gasteiger partial charge in [0.05, 0.1) is 24.1 Å². The lowest BCUT2D eigenvalue weighted by atomic mass is 10.2. The van der Waals surface area contributed by atoms with Gasteiger partial charge in [0.2, 0.25) is 0 Å². The quantitative estimate of drug-likeness (QED) is 0.444. The van der Waals surface area contributed by atoms with E-state index in [0.29, 0.717) is 3.57 Å². The van der Waals surface area contributed by atoms with Crippen LogP contribution in [0.25, 0.3) is 0 Å². The lowest BCUT2D eigenvalue weighted by molar-refractivity contribution is 0.0798. The number of nitrogens with zero attached hydrogens (tertiary/aromatic N) is 2. The molecule has 0 saturated heterocycles. The first-order valence-corrected chi connectivity index (χ1v) is 8.76. The summed E-state index contributed by atoms with van der Waals surface area (Å²) in [5, 5.41) is 26.6. The number of rotatable bonds is 6. The van der Waals surface area contributed by atoms with Crippen molar-refractivity contribution in [2.75, 3.05) is 18.5 Å². The van der Waals surface area contributed by atoms with Crippen LogP contribution in [-0.2, 0) is 7.05 Å². The molecule has 0 radical (unpaired) electrons. The molecule has 26 heavy (non-hydrogen) atoms. The molecule has 11 heteroatoms. The predicted molar refractivity (Wildman–Crippen MR) is 102 cm³/mol. The summed E-state index contributed by atoms with van der Waals surface area (Å²) in [5.74, 6) is -1.36. The van der Waals surface area contributed by atoms with Gasteiger partial charge in [-0.15, -0.1) is 0 Å². The van der Waals surface area contributed by atoms with E-state index in [1.807, 2.05) is 22.6 Å². The monoisotopic (exact) mass is 496 g/mol. The third-order valence-corrected chi connectivity index (χ3v) is 4.32. The molecule has 0 aliphatic rings. The van der Waals surface area contributed by atoms with Gasteiger partial charge >= 0.3 is 0 Å². The highest BCUT2D eigenvalue weighted by Gasteiger charge is 2.22. The van der Waals surface area contributed by atoms with Crippen molar-refractivity contribution in [2.24, 2.45) is 7.05 Å². The molecule has 1 heterocycles. The maximum absolute atomic E-state index is 14.1. The van der Waals surface area contributed by atoms with Gasteiger partial charge in [-0.1, -0.05) is 11.6 Å². The highest BCUT2D eigenvalue weighted by Crippen LogP contribution is 2.27. The van der Waals surface area contributed by atoms with Crippen molar-refractivity contribution < 1.29 is 19.4 Å². The van der Waals surface area contributed by atoms with E-state index in [0.717, 1.165) is 4.68 Å². The first-order chi connectivity index (χ1) is 12.2. The molecule has 1 unspecified atom stereocenters. The Labute approximate surface area is 166 Å². The van der Waals surface area contributed by atoms with Crippen LogP contribution in [0.15, 0.2) is 23.0 Å². The molecule has 1 amide bonds. The van der Waals surface area contributed by atoms with Crippen molar-refractivity contribution in [1.82, 2.24) is 15.1 Å². The molecular weight excluding hydrogens is 482 g/mol. The van der Waals surface area contributed by atoms with Crippen LogP contribution >= 0.6 is 34.2 Å². The van der Waals surface area contributed by atoms with Crippen molar-refractivity contribution >= 4 is 51.5 Å². The van der Waals surface area contributed by atoms with Gasteiger partial charge in [0.15, 0.2) is 5.69 Å². The fourth-order valence-electron chi connectivity index (χ4n) is 1.96. The molecule has 0 aliphatic carbocycles. The minimum absolute atomic E-state index is 0.00631. The molecule has 2 rings (SSSR count). The summed E-state index contributed by atoms with van der Waals surface area (Å²) in [6.07, 6.45) is -1.16. The second kappa shape index (κ2) is 8.75. The van der Waals surface area contributed by atoms with Gasteiger partial charge in [0.25, 0.3) is 11.5 Å². The number of hydrogen-bond acceptors (Lipinski definition) is 6. The Bertz CT molecular complexity index is 893. The van der Waals surface area contributed by atoms with Gasteiger partial charge < -0.3 is 20.8 Å². The van der Waals surface area contributed by atoms with Crippen molar-refractivity contribution in [3.8, 4) is 0 Å². The number of aliphatic hydroxyl groups excluding tert-OH is 2. The summed E-state index contributed by atoms with van der Waals surface area (Å²) in [6.45, 7) is -0.782. The van der Waals surface area contributed by atoms with Crippen molar-refractivity contribution in [3.05, 3.63) is 48.7 Å². The maximum Gasteiger partial charge on any atom is 0.287 e. The van der Waals surface area contributed by atoms with E-state index in [9.17, 15) is 19.1 Å². The number of carbonyl (C=O) groups is 1. The largest absolute Gasteiger partial charge is 0.394 e. The zero-order valence-corrected chi connectivity index (χ0v) is 16.4. The minimum atomic E-state index is -1.16. The average molecular weight is 497 g/mol. The molecule has 1 aromatic heterocycles. The number of halogens is 3. The van der Waals surface area contributed by atoms with Crippen LogP contribution in [-0.4, -0.2) is 45.2 Å². The zero-order chi connectivity index (χ0) is 19.4. The van der Waals surface area contributed by atoms with Crippen molar-refractivity contribution in [3.63, 3.8) is 0 Å². The smallest absolute Gasteiger partial charge is 0.287 e. The highest BCUT2D eigenvalue weighted by molar-refractivity contribution is 14.1. The van der Waals surface area contributed by atoms with Crippen LogP contribution in [0, 0.1) is 9.39 Å². The Morgan fingerprint density at radius 3 is 2.81 bits per heavy atom. The Morgan fingerprint density at radius 2 is 2.19 bits per heavy atom. The minimum Gasteiger partial charge on any atom is -0.394 e. The van der Waals surface area contributed by atoms with Crippen molar-refractivity contribution in [1.29, 1.82) is 0 Å². The molecule has 2 aromatic rings. The number of amides is 1. The molecule has 0 fully saturated rings. The summed E-state index contributed by atoms with van der Waals surface area (Å²) in [6, 6.07) is 4.33. The third-order valence-electron chi connectivity index (χ3n) is 3.30. The molecule has 140 valence electrons. The maximum atomic E-state index is 14.1. The molecule has 0 bridgehead atoms. The molecule has 0 saturated carbocycles. The van der Waals surface area contributed by atoms with Crippen LogP contribution in [0.3, 0.4) is 0 Å². The fourth-order valence-corrected chi connectivity index (χ4v) is 2.67. The first-order valence-electron chi connectivity index (χ1n) is 7.30. The standard InChI is InChI=1S/C15H15ClFIN4O4/c1-22-15(26)11(16)12(20-10-3-2-7(18)4-9(10)17)13(21-22)14(25)19-5-8(24)6-23/h2-4,8,20,23-24H,5-6H2,1H3,(H,19,25). The third kappa shape index (κ3) is 4.69. The number of benzene rings is 1. The van der Waals surface area contributed by atoms with E-state index < -0.39 is 30.0 Å². The van der Waals surface area contributed by atoms with Crippen molar-refractivity contribution in [2.45, 2.75) is 6.10 Å². The Balaban J connectivity index is 2.44. The number of anilines is 2. The molecular formula is C15H15ClFIN4O4. The van der Waals surface area contributed by atoms with Crippen LogP contribution in [0.4, 0.5) is 15.8 Å². The Hall–Kier alpha value is -1.76. The molecule has 1 aromatic carbocycles. The van der Waals surface area contributed by atoms with Crippen LogP contribution < -0.4 is 16.2 Å². The number of hydrogen-bond donors (Lipinski definition) is 4. The fraction of sp³-hybridized carbons (Fsp3) is 0.267. The average Bonchev–Trinajstić information content (AvgIpc) is 2.61. The Morgan fingerprint density at radius 1 is 1.50 bits per heavy atom. The zero-order valence-electron chi connectivity index (χ0n) is 13.5. The SMILES string of the molecule is Cn1nc(C(=O)NCC(O)CO)c(Nc2ccc(I)cc2F)c(Cl)c1=O. The molecule has 1 atom stereocenters. The Kier molecular flexibility index (Phi) is 6.92. The second-order valence-electron chi connectivity index (χ2n) is 5.26. The van der Waals surface area contributed by atoms with E-state index in [-0.39, 0.29) is 28.6 Å². The van der Waals surface area contributed by atoms with Gasteiger partial charge in [-0.3, -0.25) is 9.59 Å². The van der Waals surface area contributed by atoms with Gasteiger partial charge in [-0.25, -0.2) is 9.07 Å². The topological polar surface area (TPSA) is 116 Å². The van der Waals surface area contributed by atoms with Crippen LogP contribution in [0.2, 0.25) is 5.02 Å². The predicted octanol–water partition coefficient (Wildman–Crippen LogP) is 1.00. The van der Waals surface area contributed by atoms with Crippen LogP contribution in [0.1, 0.15) is 10.5 Å². The molecule has 0 spiro atoms. The van der Waals surface area contributed by atoms with Crippen LogP contribution in [0.5, 0.6) is 0 Å². The van der Waals surface area contributed by atoms with E-state index in [4.69, 9.17) is 16.7 Å². The summed E-state index contributed by atoms with van der Waals surface area (Å²) >= 11 is 7.98. The van der Waals surface area contributed by atoms with E-state index in [1.165, 1.54) is 19.2 Å².